The molecule has 0 amide bonds. The van der Waals surface area contributed by atoms with E-state index in [-0.39, 0.29) is 28.3 Å². The van der Waals surface area contributed by atoms with Gasteiger partial charge in [-0.3, -0.25) is 19.8 Å². The summed E-state index contributed by atoms with van der Waals surface area (Å²) in [6.45, 7) is 8.10. The van der Waals surface area contributed by atoms with E-state index in [9.17, 15) is 20.2 Å². The van der Waals surface area contributed by atoms with Gasteiger partial charge in [-0.2, -0.15) is 5.26 Å². The van der Waals surface area contributed by atoms with Crippen molar-refractivity contribution < 1.29 is 9.72 Å². The lowest BCUT2D eigenvalue weighted by Crippen LogP contribution is -2.42. The van der Waals surface area contributed by atoms with Crippen LogP contribution in [0.15, 0.2) is 65.1 Å². The summed E-state index contributed by atoms with van der Waals surface area (Å²) in [5, 5.41) is 21.5. The fourth-order valence-electron chi connectivity index (χ4n) is 4.82. The van der Waals surface area contributed by atoms with E-state index in [1.807, 2.05) is 50.8 Å². The van der Waals surface area contributed by atoms with Crippen LogP contribution in [0.2, 0.25) is 0 Å². The first-order chi connectivity index (χ1) is 15.5. The SMILES string of the molecule is Cc1ccc(N2C(N)=C(C#N)C(c3cccc([N+](=O)[O-])c3)C3=C2CC(C)(C)CC3=O)cc1C. The Morgan fingerprint density at radius 2 is 1.88 bits per heavy atom. The lowest BCUT2D eigenvalue weighted by molar-refractivity contribution is -0.384. The molecule has 1 atom stereocenters. The van der Waals surface area contributed by atoms with Gasteiger partial charge >= 0.3 is 0 Å². The summed E-state index contributed by atoms with van der Waals surface area (Å²) in [5.74, 6) is -0.551. The van der Waals surface area contributed by atoms with E-state index in [4.69, 9.17) is 5.73 Å². The van der Waals surface area contributed by atoms with Crippen LogP contribution in [0.3, 0.4) is 0 Å². The minimum absolute atomic E-state index is 0.0631. The van der Waals surface area contributed by atoms with E-state index >= 15 is 0 Å². The molecule has 7 heteroatoms. The number of hydrogen-bond donors (Lipinski definition) is 1. The molecular formula is C26H26N4O3. The van der Waals surface area contributed by atoms with Crippen molar-refractivity contribution in [1.82, 2.24) is 0 Å². The number of anilines is 1. The molecule has 33 heavy (non-hydrogen) atoms. The Hall–Kier alpha value is -3.92. The van der Waals surface area contributed by atoms with Crippen molar-refractivity contribution >= 4 is 17.2 Å². The van der Waals surface area contributed by atoms with Gasteiger partial charge in [-0.25, -0.2) is 0 Å². The molecule has 0 radical (unpaired) electrons. The van der Waals surface area contributed by atoms with Gasteiger partial charge in [0.2, 0.25) is 0 Å². The molecule has 2 N–H and O–H groups in total. The third-order valence-electron chi connectivity index (χ3n) is 6.54. The number of nitro benzene ring substituents is 1. The second-order valence-corrected chi connectivity index (χ2v) is 9.60. The predicted octanol–water partition coefficient (Wildman–Crippen LogP) is 5.15. The van der Waals surface area contributed by atoms with Crippen LogP contribution < -0.4 is 10.6 Å². The van der Waals surface area contributed by atoms with Crippen LogP contribution in [0.25, 0.3) is 0 Å². The minimum Gasteiger partial charge on any atom is -0.384 e. The largest absolute Gasteiger partial charge is 0.384 e. The molecule has 7 nitrogen and oxygen atoms in total. The Kier molecular flexibility index (Phi) is 5.33. The minimum atomic E-state index is -0.740. The van der Waals surface area contributed by atoms with Crippen LogP contribution >= 0.6 is 0 Å². The molecule has 2 aliphatic rings. The average Bonchev–Trinajstić information content (AvgIpc) is 2.74. The number of non-ortho nitro benzene ring substituents is 1. The summed E-state index contributed by atoms with van der Waals surface area (Å²) in [5.41, 5.74) is 11.2. The number of nitriles is 1. The maximum Gasteiger partial charge on any atom is 0.269 e. The summed E-state index contributed by atoms with van der Waals surface area (Å²) in [7, 11) is 0. The third kappa shape index (κ3) is 3.78. The van der Waals surface area contributed by atoms with Crippen molar-refractivity contribution in [3.8, 4) is 6.07 Å². The van der Waals surface area contributed by atoms with Crippen molar-refractivity contribution in [2.45, 2.75) is 46.5 Å². The molecular weight excluding hydrogens is 416 g/mol. The number of ketones is 1. The van der Waals surface area contributed by atoms with Gasteiger partial charge in [-0.15, -0.1) is 0 Å². The summed E-state index contributed by atoms with van der Waals surface area (Å²) >= 11 is 0. The van der Waals surface area contributed by atoms with Crippen molar-refractivity contribution in [2.24, 2.45) is 11.1 Å². The number of Topliss-reactive ketones (excluding diaryl/α,β-unsaturated/α-hetero) is 1. The number of nitrogens with zero attached hydrogens (tertiary/aromatic N) is 3. The van der Waals surface area contributed by atoms with Crippen molar-refractivity contribution in [1.29, 1.82) is 5.26 Å². The maximum atomic E-state index is 13.5. The molecule has 0 aromatic heterocycles. The molecule has 0 spiro atoms. The Labute approximate surface area is 193 Å². The van der Waals surface area contributed by atoms with E-state index in [2.05, 4.69) is 6.07 Å². The van der Waals surface area contributed by atoms with Crippen molar-refractivity contribution in [3.05, 3.63) is 91.9 Å². The molecule has 1 aliphatic carbocycles. The van der Waals surface area contributed by atoms with Crippen LogP contribution in [0.5, 0.6) is 0 Å². The van der Waals surface area contributed by atoms with Crippen LogP contribution in [0.1, 0.15) is 49.3 Å². The molecule has 1 heterocycles. The maximum absolute atomic E-state index is 13.5. The molecule has 0 saturated carbocycles. The number of carbonyl (C=O) groups excluding carboxylic acids is 1. The average molecular weight is 443 g/mol. The van der Waals surface area contributed by atoms with Gasteiger partial charge in [0.25, 0.3) is 5.69 Å². The highest BCUT2D eigenvalue weighted by Crippen LogP contribution is 2.50. The van der Waals surface area contributed by atoms with E-state index in [0.717, 1.165) is 22.5 Å². The fraction of sp³-hybridized carbons (Fsp3) is 0.308. The normalized spacial score (nSPS) is 19.9. The number of rotatable bonds is 3. The lowest BCUT2D eigenvalue weighted by atomic mass is 9.68. The smallest absolute Gasteiger partial charge is 0.269 e. The molecule has 0 saturated heterocycles. The number of aryl methyl sites for hydroxylation is 2. The highest BCUT2D eigenvalue weighted by atomic mass is 16.6. The van der Waals surface area contributed by atoms with Gasteiger partial charge in [0, 0.05) is 35.5 Å². The first kappa shape index (κ1) is 22.3. The van der Waals surface area contributed by atoms with Gasteiger partial charge < -0.3 is 5.73 Å². The highest BCUT2D eigenvalue weighted by molar-refractivity contribution is 6.01. The van der Waals surface area contributed by atoms with Gasteiger partial charge in [-0.1, -0.05) is 32.0 Å². The van der Waals surface area contributed by atoms with Gasteiger partial charge in [-0.05, 0) is 54.5 Å². The summed E-state index contributed by atoms with van der Waals surface area (Å²) in [4.78, 5) is 26.3. The lowest BCUT2D eigenvalue weighted by Gasteiger charge is -2.43. The van der Waals surface area contributed by atoms with Crippen LogP contribution in [-0.4, -0.2) is 10.7 Å². The zero-order valence-corrected chi connectivity index (χ0v) is 19.2. The summed E-state index contributed by atoms with van der Waals surface area (Å²) in [6.07, 6.45) is 0.919. The topological polar surface area (TPSA) is 113 Å². The van der Waals surface area contributed by atoms with Gasteiger partial charge in [0.05, 0.1) is 22.5 Å². The molecule has 4 rings (SSSR count). The second-order valence-electron chi connectivity index (χ2n) is 9.60. The Morgan fingerprint density at radius 3 is 2.52 bits per heavy atom. The first-order valence-corrected chi connectivity index (χ1v) is 10.8. The number of nitrogens with two attached hydrogens (primary N) is 1. The molecule has 168 valence electrons. The third-order valence-corrected chi connectivity index (χ3v) is 6.54. The van der Waals surface area contributed by atoms with Crippen LogP contribution in [-0.2, 0) is 4.79 Å². The van der Waals surface area contributed by atoms with Crippen LogP contribution in [0, 0.1) is 40.7 Å². The summed E-state index contributed by atoms with van der Waals surface area (Å²) in [6, 6.07) is 14.3. The molecule has 2 aromatic rings. The number of nitro groups is 1. The zero-order valence-electron chi connectivity index (χ0n) is 19.2. The second kappa shape index (κ2) is 7.89. The molecule has 2 aromatic carbocycles. The first-order valence-electron chi connectivity index (χ1n) is 10.8. The van der Waals surface area contributed by atoms with E-state index in [0.29, 0.717) is 24.0 Å². The number of benzene rings is 2. The van der Waals surface area contributed by atoms with Gasteiger partial charge in [0.1, 0.15) is 5.82 Å². The quantitative estimate of drug-likeness (QED) is 0.519. The van der Waals surface area contributed by atoms with E-state index < -0.39 is 10.8 Å². The molecule has 1 unspecified atom stereocenters. The monoisotopic (exact) mass is 442 g/mol. The fourth-order valence-corrected chi connectivity index (χ4v) is 4.82. The van der Waals surface area contributed by atoms with E-state index in [1.165, 1.54) is 12.1 Å². The Bertz CT molecular complexity index is 1300. The molecule has 0 bridgehead atoms. The number of allylic oxidation sites excluding steroid dienone is 3. The van der Waals surface area contributed by atoms with Crippen molar-refractivity contribution in [3.63, 3.8) is 0 Å². The van der Waals surface area contributed by atoms with Gasteiger partial charge in [0.15, 0.2) is 5.78 Å². The zero-order chi connectivity index (χ0) is 24.1. The molecule has 0 fully saturated rings. The predicted molar refractivity (Wildman–Crippen MR) is 126 cm³/mol. The Balaban J connectivity index is 2.01. The molecule has 1 aliphatic heterocycles. The number of hydrogen-bond acceptors (Lipinski definition) is 6. The van der Waals surface area contributed by atoms with E-state index in [1.54, 1.807) is 12.1 Å². The van der Waals surface area contributed by atoms with Crippen molar-refractivity contribution in [2.75, 3.05) is 4.90 Å². The standard InChI is InChI=1S/C26H26N4O3/c1-15-8-9-18(10-16(15)2)29-21-12-26(3,4)13-22(31)24(21)23(20(14-27)25(29)28)17-6-5-7-19(11-17)30(32)33/h5-11,23H,12-13,28H2,1-4H3. The van der Waals surface area contributed by atoms with Crippen LogP contribution in [0.4, 0.5) is 11.4 Å². The Morgan fingerprint density at radius 1 is 1.15 bits per heavy atom. The summed E-state index contributed by atoms with van der Waals surface area (Å²) < 4.78 is 0. The highest BCUT2D eigenvalue weighted by Gasteiger charge is 2.44. The number of carbonyl (C=O) groups is 1.